The van der Waals surface area contributed by atoms with E-state index in [1.165, 1.54) is 12.8 Å². The van der Waals surface area contributed by atoms with E-state index in [0.29, 0.717) is 12.5 Å². The van der Waals surface area contributed by atoms with Crippen molar-refractivity contribution in [3.8, 4) is 0 Å². The maximum Gasteiger partial charge on any atom is 0.248 e. The average Bonchev–Trinajstić information content (AvgIpc) is 3.13. The smallest absolute Gasteiger partial charge is 0.248 e. The highest BCUT2D eigenvalue weighted by Crippen LogP contribution is 2.28. The number of β-amino-alcohol motifs (C(OH)–C–C–N with tert-alkyl or cyclic N) is 1. The quantitative estimate of drug-likeness (QED) is 0.723. The van der Waals surface area contributed by atoms with E-state index >= 15 is 0 Å². The molecular formula is C13H24N2O3. The summed E-state index contributed by atoms with van der Waals surface area (Å²) in [7, 11) is 0. The minimum absolute atomic E-state index is 0.104. The SMILES string of the molecule is CC(O)CN1CCN(C(=O)COCC2CC2)CC1. The molecule has 0 bridgehead atoms. The van der Waals surface area contributed by atoms with Crippen LogP contribution in [0, 0.1) is 5.92 Å². The van der Waals surface area contributed by atoms with Crippen molar-refractivity contribution in [1.29, 1.82) is 0 Å². The highest BCUT2D eigenvalue weighted by molar-refractivity contribution is 5.77. The molecule has 1 heterocycles. The Morgan fingerprint density at radius 1 is 1.33 bits per heavy atom. The molecule has 2 rings (SSSR count). The molecule has 0 aromatic heterocycles. The van der Waals surface area contributed by atoms with Gasteiger partial charge in [-0.15, -0.1) is 0 Å². The third kappa shape index (κ3) is 4.55. The lowest BCUT2D eigenvalue weighted by Crippen LogP contribution is -2.51. The molecule has 0 aromatic carbocycles. The highest BCUT2D eigenvalue weighted by Gasteiger charge is 2.24. The first-order valence-electron chi connectivity index (χ1n) is 6.91. The second-order valence-electron chi connectivity index (χ2n) is 5.49. The summed E-state index contributed by atoms with van der Waals surface area (Å²) in [5, 5.41) is 9.31. The largest absolute Gasteiger partial charge is 0.392 e. The van der Waals surface area contributed by atoms with Crippen molar-refractivity contribution >= 4 is 5.91 Å². The number of piperazine rings is 1. The van der Waals surface area contributed by atoms with Crippen molar-refractivity contribution in [3.63, 3.8) is 0 Å². The van der Waals surface area contributed by atoms with Crippen LogP contribution in [0.25, 0.3) is 0 Å². The molecule has 5 heteroatoms. The fourth-order valence-electron chi connectivity index (χ4n) is 2.24. The number of hydrogen-bond acceptors (Lipinski definition) is 4. The van der Waals surface area contributed by atoms with Crippen molar-refractivity contribution < 1.29 is 14.6 Å². The lowest BCUT2D eigenvalue weighted by molar-refractivity contribution is -0.138. The summed E-state index contributed by atoms with van der Waals surface area (Å²) < 4.78 is 5.42. The molecule has 1 saturated carbocycles. The molecule has 1 aliphatic carbocycles. The number of rotatable bonds is 6. The number of amides is 1. The summed E-state index contributed by atoms with van der Waals surface area (Å²) in [6, 6.07) is 0. The first-order valence-corrected chi connectivity index (χ1v) is 6.91. The molecule has 1 aliphatic heterocycles. The van der Waals surface area contributed by atoms with Gasteiger partial charge < -0.3 is 14.7 Å². The fraction of sp³-hybridized carbons (Fsp3) is 0.923. The van der Waals surface area contributed by atoms with Crippen LogP contribution in [-0.2, 0) is 9.53 Å². The van der Waals surface area contributed by atoms with Gasteiger partial charge in [0.25, 0.3) is 0 Å². The normalized spacial score (nSPS) is 23.1. The number of ether oxygens (including phenoxy) is 1. The van der Waals surface area contributed by atoms with Crippen LogP contribution in [0.3, 0.4) is 0 Å². The Kier molecular flexibility index (Phi) is 4.97. The molecule has 1 N–H and O–H groups in total. The molecule has 0 radical (unpaired) electrons. The third-order valence-corrected chi connectivity index (χ3v) is 3.52. The molecule has 0 spiro atoms. The van der Waals surface area contributed by atoms with E-state index in [1.54, 1.807) is 6.92 Å². The summed E-state index contributed by atoms with van der Waals surface area (Å²) in [6.45, 7) is 6.65. The van der Waals surface area contributed by atoms with E-state index in [1.807, 2.05) is 4.90 Å². The van der Waals surface area contributed by atoms with E-state index < -0.39 is 0 Å². The van der Waals surface area contributed by atoms with Gasteiger partial charge in [0.15, 0.2) is 0 Å². The van der Waals surface area contributed by atoms with Gasteiger partial charge in [-0.05, 0) is 25.7 Å². The maximum atomic E-state index is 11.9. The van der Waals surface area contributed by atoms with Crippen molar-refractivity contribution in [2.24, 2.45) is 5.92 Å². The molecule has 1 amide bonds. The van der Waals surface area contributed by atoms with Gasteiger partial charge >= 0.3 is 0 Å². The van der Waals surface area contributed by atoms with Crippen molar-refractivity contribution in [2.45, 2.75) is 25.9 Å². The van der Waals surface area contributed by atoms with Gasteiger partial charge in [-0.25, -0.2) is 0 Å². The number of aliphatic hydroxyl groups is 1. The molecular weight excluding hydrogens is 232 g/mol. The standard InChI is InChI=1S/C13H24N2O3/c1-11(16)8-14-4-6-15(7-5-14)13(17)10-18-9-12-2-3-12/h11-12,16H,2-10H2,1H3. The van der Waals surface area contributed by atoms with Crippen LogP contribution in [0.2, 0.25) is 0 Å². The van der Waals surface area contributed by atoms with Crippen molar-refractivity contribution in [2.75, 3.05) is 45.9 Å². The van der Waals surface area contributed by atoms with E-state index in [-0.39, 0.29) is 18.6 Å². The molecule has 2 aliphatic rings. The van der Waals surface area contributed by atoms with E-state index in [0.717, 1.165) is 32.8 Å². The Morgan fingerprint density at radius 3 is 2.56 bits per heavy atom. The zero-order valence-electron chi connectivity index (χ0n) is 11.2. The van der Waals surface area contributed by atoms with Crippen molar-refractivity contribution in [3.05, 3.63) is 0 Å². The predicted octanol–water partition coefficient (Wildman–Crippen LogP) is -0.0620. The van der Waals surface area contributed by atoms with E-state index in [4.69, 9.17) is 4.74 Å². The maximum absolute atomic E-state index is 11.9. The first-order chi connectivity index (χ1) is 8.65. The molecule has 1 atom stereocenters. The minimum atomic E-state index is -0.297. The summed E-state index contributed by atoms with van der Waals surface area (Å²) in [4.78, 5) is 15.9. The fourth-order valence-corrected chi connectivity index (χ4v) is 2.24. The Bertz CT molecular complexity index is 271. The minimum Gasteiger partial charge on any atom is -0.392 e. The van der Waals surface area contributed by atoms with Gasteiger partial charge in [0.05, 0.1) is 12.7 Å². The summed E-state index contributed by atoms with van der Waals surface area (Å²) in [5.74, 6) is 0.813. The topological polar surface area (TPSA) is 53.0 Å². The number of carbonyl (C=O) groups is 1. The van der Waals surface area contributed by atoms with Crippen LogP contribution in [0.1, 0.15) is 19.8 Å². The van der Waals surface area contributed by atoms with Crippen LogP contribution in [0.5, 0.6) is 0 Å². The Morgan fingerprint density at radius 2 is 2.00 bits per heavy atom. The monoisotopic (exact) mass is 256 g/mol. The first kappa shape index (κ1) is 13.8. The number of nitrogens with zero attached hydrogens (tertiary/aromatic N) is 2. The van der Waals surface area contributed by atoms with Gasteiger partial charge in [0, 0.05) is 32.7 Å². The van der Waals surface area contributed by atoms with Gasteiger partial charge in [0.2, 0.25) is 5.91 Å². The zero-order valence-corrected chi connectivity index (χ0v) is 11.2. The average molecular weight is 256 g/mol. The van der Waals surface area contributed by atoms with Crippen molar-refractivity contribution in [1.82, 2.24) is 9.80 Å². The molecule has 104 valence electrons. The molecule has 18 heavy (non-hydrogen) atoms. The predicted molar refractivity (Wildman–Crippen MR) is 68.2 cm³/mol. The summed E-state index contributed by atoms with van der Waals surface area (Å²) >= 11 is 0. The zero-order chi connectivity index (χ0) is 13.0. The van der Waals surface area contributed by atoms with Gasteiger partial charge in [-0.2, -0.15) is 0 Å². The molecule has 1 unspecified atom stereocenters. The second kappa shape index (κ2) is 6.50. The highest BCUT2D eigenvalue weighted by atomic mass is 16.5. The van der Waals surface area contributed by atoms with E-state index in [2.05, 4.69) is 4.90 Å². The lowest BCUT2D eigenvalue weighted by Gasteiger charge is -2.35. The number of aliphatic hydroxyl groups excluding tert-OH is 1. The van der Waals surface area contributed by atoms with E-state index in [9.17, 15) is 9.90 Å². The van der Waals surface area contributed by atoms with Gasteiger partial charge in [-0.1, -0.05) is 0 Å². The van der Waals surface area contributed by atoms with Crippen LogP contribution < -0.4 is 0 Å². The Labute approximate surface area is 109 Å². The molecule has 1 saturated heterocycles. The summed E-state index contributed by atoms with van der Waals surface area (Å²) in [6.07, 6.45) is 2.22. The van der Waals surface area contributed by atoms with Gasteiger partial charge in [-0.3, -0.25) is 9.69 Å². The number of hydrogen-bond donors (Lipinski definition) is 1. The van der Waals surface area contributed by atoms with Crippen LogP contribution in [-0.4, -0.2) is 72.9 Å². The molecule has 2 fully saturated rings. The third-order valence-electron chi connectivity index (χ3n) is 3.52. The van der Waals surface area contributed by atoms with Crippen LogP contribution in [0.15, 0.2) is 0 Å². The molecule has 5 nitrogen and oxygen atoms in total. The second-order valence-corrected chi connectivity index (χ2v) is 5.49. The van der Waals surface area contributed by atoms with Gasteiger partial charge in [0.1, 0.15) is 6.61 Å². The molecule has 0 aromatic rings. The number of carbonyl (C=O) groups excluding carboxylic acids is 1. The Hall–Kier alpha value is -0.650. The summed E-state index contributed by atoms with van der Waals surface area (Å²) in [5.41, 5.74) is 0. The van der Waals surface area contributed by atoms with Crippen LogP contribution in [0.4, 0.5) is 0 Å². The lowest BCUT2D eigenvalue weighted by atomic mass is 10.2. The Balaban J connectivity index is 1.60. The van der Waals surface area contributed by atoms with Crippen LogP contribution >= 0.6 is 0 Å².